The molecule has 424 valence electrons. The Morgan fingerprint density at radius 2 is 0.463 bits per heavy atom. The zero-order valence-electron chi connectivity index (χ0n) is 45.2. The van der Waals surface area contributed by atoms with E-state index < -0.39 is 76.1 Å². The van der Waals surface area contributed by atoms with E-state index in [1.165, 1.54) is 0 Å². The number of ether oxygens (including phenoxy) is 6. The molecule has 1 aliphatic rings. The lowest BCUT2D eigenvalue weighted by Crippen LogP contribution is -2.67. The Labute approximate surface area is 479 Å². The number of hydrogen-bond acceptors (Lipinski definition) is 14. The van der Waals surface area contributed by atoms with E-state index in [0.717, 1.165) is 22.3 Å². The molecule has 0 N–H and O–H groups in total. The Hall–Kier alpha value is -7.16. The molecule has 0 spiro atoms. The van der Waals surface area contributed by atoms with Gasteiger partial charge in [0.1, 0.15) is 62.2 Å². The van der Waals surface area contributed by atoms with Crippen LogP contribution in [0.1, 0.15) is 44.5 Å². The first-order valence-corrected chi connectivity index (χ1v) is 30.5. The van der Waals surface area contributed by atoms with Crippen LogP contribution in [0.25, 0.3) is 0 Å². The summed E-state index contributed by atoms with van der Waals surface area (Å²) in [4.78, 5) is 28.4. The molecule has 8 atom stereocenters. The molecule has 0 amide bonds. The summed E-state index contributed by atoms with van der Waals surface area (Å²) in [6, 6.07) is 73.9. The molecule has 0 radical (unpaired) electrons. The number of benzene rings is 8. The molecule has 9 rings (SSSR count). The van der Waals surface area contributed by atoms with Gasteiger partial charge in [-0.15, -0.1) is 0 Å². The van der Waals surface area contributed by atoms with Crippen molar-refractivity contribution in [2.75, 3.05) is 12.3 Å². The quantitative estimate of drug-likeness (QED) is 0.0309. The van der Waals surface area contributed by atoms with Gasteiger partial charge < -0.3 is 37.5 Å². The summed E-state index contributed by atoms with van der Waals surface area (Å²) in [5.41, 5.74) is 5.72. The van der Waals surface area contributed by atoms with Gasteiger partial charge in [-0.05, 0) is 44.5 Å². The largest absolute Gasteiger partial charge is 0.460 e. The van der Waals surface area contributed by atoms with Gasteiger partial charge in [0.2, 0.25) is 0 Å². The summed E-state index contributed by atoms with van der Waals surface area (Å²) in [7, 11) is -9.60. The van der Waals surface area contributed by atoms with Crippen LogP contribution in [0.4, 0.5) is 0 Å². The van der Waals surface area contributed by atoms with E-state index in [1.807, 2.05) is 170 Å². The number of hydrogen-bond donors (Lipinski definition) is 0. The second kappa shape index (κ2) is 30.8. The van der Waals surface area contributed by atoms with Crippen molar-refractivity contribution in [2.45, 2.75) is 89.5 Å². The molecule has 8 aromatic carbocycles. The number of carbonyl (C=O) groups is 2. The Morgan fingerprint density at radius 3 is 0.695 bits per heavy atom. The van der Waals surface area contributed by atoms with E-state index in [1.54, 1.807) is 72.8 Å². The zero-order chi connectivity index (χ0) is 56.7. The van der Waals surface area contributed by atoms with Crippen molar-refractivity contribution in [3.05, 3.63) is 287 Å². The van der Waals surface area contributed by atoms with Crippen LogP contribution in [-0.2, 0) is 118 Å². The molecule has 0 heterocycles. The first kappa shape index (κ1) is 59.5. The van der Waals surface area contributed by atoms with Crippen LogP contribution in [0, 0.1) is 0 Å². The van der Waals surface area contributed by atoms with Crippen LogP contribution in [0.5, 0.6) is 0 Å². The van der Waals surface area contributed by atoms with Crippen LogP contribution in [-0.4, -0.2) is 60.9 Å². The van der Waals surface area contributed by atoms with E-state index >= 15 is 9.13 Å². The molecule has 2 unspecified atom stereocenters. The van der Waals surface area contributed by atoms with Crippen molar-refractivity contribution in [1.29, 1.82) is 0 Å². The predicted molar refractivity (Wildman–Crippen MR) is 310 cm³/mol. The highest BCUT2D eigenvalue weighted by Crippen LogP contribution is 2.57. The van der Waals surface area contributed by atoms with Crippen LogP contribution >= 0.6 is 15.2 Å². The fraction of sp³-hybridized carbons (Fsp3) is 0.242. The maximum atomic E-state index is 16.1. The van der Waals surface area contributed by atoms with Crippen molar-refractivity contribution in [3.8, 4) is 0 Å². The van der Waals surface area contributed by atoms with Crippen LogP contribution in [0.3, 0.4) is 0 Å². The average molecular weight is 1150 g/mol. The van der Waals surface area contributed by atoms with E-state index in [-0.39, 0.29) is 52.9 Å². The van der Waals surface area contributed by atoms with E-state index in [0.29, 0.717) is 22.3 Å². The molecule has 0 saturated heterocycles. The second-order valence-corrected chi connectivity index (χ2v) is 23.5. The van der Waals surface area contributed by atoms with Crippen molar-refractivity contribution >= 4 is 27.1 Å². The average Bonchev–Trinajstić information content (AvgIpc) is 3.49. The minimum absolute atomic E-state index is 0.0193. The fourth-order valence-electron chi connectivity index (χ4n) is 9.16. The molecular weight excluding hydrogens is 1080 g/mol. The summed E-state index contributed by atoms with van der Waals surface area (Å²) in [6.45, 7) is -0.896. The van der Waals surface area contributed by atoms with E-state index in [9.17, 15) is 9.59 Å². The summed E-state index contributed by atoms with van der Waals surface area (Å²) in [5.74, 6) is -1.79. The third-order valence-corrected chi connectivity index (χ3v) is 16.8. The van der Waals surface area contributed by atoms with Gasteiger partial charge in [0.25, 0.3) is 0 Å². The normalized spacial score (nSPS) is 19.3. The summed E-state index contributed by atoms with van der Waals surface area (Å²) in [6.07, 6.45) is -10.2. The van der Waals surface area contributed by atoms with Crippen LogP contribution < -0.4 is 0 Å². The summed E-state index contributed by atoms with van der Waals surface area (Å²) >= 11 is 0. The Kier molecular flexibility index (Phi) is 22.3. The number of esters is 2. The molecule has 1 fully saturated rings. The number of carbonyl (C=O) groups excluding carboxylic acids is 2. The van der Waals surface area contributed by atoms with Gasteiger partial charge in [0, 0.05) is 0 Å². The third-order valence-electron chi connectivity index (χ3n) is 13.3. The lowest BCUT2D eigenvalue weighted by atomic mass is 9.84. The van der Waals surface area contributed by atoms with Crippen molar-refractivity contribution in [2.24, 2.45) is 0 Å². The fourth-order valence-corrected chi connectivity index (χ4v) is 12.3. The first-order chi connectivity index (χ1) is 40.2. The van der Waals surface area contributed by atoms with Crippen LogP contribution in [0.2, 0.25) is 0 Å². The SMILES string of the molecule is O=C(CP(=O)(OCc1ccccc1)O[C@@H]1[C@@H](OCc2ccccc2)[C@H](OCc2ccccc2)[C@@H](OCc2ccccc2)[C@H](OCc2ccccc2)[C@@H]1OP(=O)(CC(=O)OCc1ccccc1)OCc1ccccc1)OCc1ccccc1. The van der Waals surface area contributed by atoms with Crippen LogP contribution in [0.15, 0.2) is 243 Å². The lowest BCUT2D eigenvalue weighted by Gasteiger charge is -2.50. The van der Waals surface area contributed by atoms with Gasteiger partial charge in [-0.1, -0.05) is 243 Å². The zero-order valence-corrected chi connectivity index (χ0v) is 47.0. The Balaban J connectivity index is 1.20. The standard InChI is InChI=1S/C66H66O14P2/c67-59(71-41-51-25-9-1-10-26-51)49-81(69,77-47-57-37-21-7-22-38-57)79-65-63(75-45-55-33-17-5-18-34-55)61(73-43-53-29-13-3-14-30-53)62(74-44-54-31-15-4-16-32-54)64(76-46-56-35-19-6-20-36-56)66(65)80-82(70,78-48-58-39-23-8-24-40-58)50-60(68)72-42-52-27-11-2-12-28-52/h1-40,61-66H,41-50H2/t61-,62-,63+,64+,65-,66+,81?,82?/m1/s1. The maximum absolute atomic E-state index is 16.1. The highest BCUT2D eigenvalue weighted by atomic mass is 31.2. The molecule has 0 aromatic heterocycles. The van der Waals surface area contributed by atoms with Gasteiger partial charge in [-0.3, -0.25) is 27.8 Å². The van der Waals surface area contributed by atoms with Gasteiger partial charge in [-0.2, -0.15) is 0 Å². The molecule has 0 bridgehead atoms. The smallest absolute Gasteiger partial charge is 0.342 e. The van der Waals surface area contributed by atoms with Gasteiger partial charge in [-0.25, -0.2) is 0 Å². The van der Waals surface area contributed by atoms with Gasteiger partial charge in [0.05, 0.1) is 39.6 Å². The number of rotatable bonds is 30. The highest BCUT2D eigenvalue weighted by Gasteiger charge is 2.59. The third kappa shape index (κ3) is 18.4. The molecule has 1 saturated carbocycles. The first-order valence-electron chi connectivity index (χ1n) is 27.1. The lowest BCUT2D eigenvalue weighted by molar-refractivity contribution is -0.266. The summed E-state index contributed by atoms with van der Waals surface area (Å²) < 4.78 is 98.8. The second-order valence-electron chi connectivity index (χ2n) is 19.5. The monoisotopic (exact) mass is 1140 g/mol. The topological polar surface area (TPSA) is 161 Å². The van der Waals surface area contributed by atoms with Crippen molar-refractivity contribution in [3.63, 3.8) is 0 Å². The minimum Gasteiger partial charge on any atom is -0.460 e. The highest BCUT2D eigenvalue weighted by molar-refractivity contribution is 7.55. The molecule has 82 heavy (non-hydrogen) atoms. The molecule has 0 aliphatic heterocycles. The molecule has 1 aliphatic carbocycles. The Bertz CT molecular complexity index is 3020. The van der Waals surface area contributed by atoms with Gasteiger partial charge >= 0.3 is 27.1 Å². The molecular formula is C66H66O14P2. The summed E-state index contributed by atoms with van der Waals surface area (Å²) in [5, 5.41) is 0. The Morgan fingerprint density at radius 1 is 0.268 bits per heavy atom. The molecule has 14 nitrogen and oxygen atoms in total. The van der Waals surface area contributed by atoms with Gasteiger partial charge in [0.15, 0.2) is 0 Å². The molecule has 8 aromatic rings. The van der Waals surface area contributed by atoms with Crippen molar-refractivity contribution in [1.82, 2.24) is 0 Å². The predicted octanol–water partition coefficient (Wildman–Crippen LogP) is 13.4. The minimum atomic E-state index is -4.80. The maximum Gasteiger partial charge on any atom is 0.342 e. The van der Waals surface area contributed by atoms with E-state index in [2.05, 4.69) is 0 Å². The van der Waals surface area contributed by atoms with Crippen molar-refractivity contribution < 1.29 is 65.2 Å². The molecule has 16 heteroatoms. The van der Waals surface area contributed by atoms with E-state index in [4.69, 9.17) is 46.5 Å².